The van der Waals surface area contributed by atoms with Crippen LogP contribution < -0.4 is 5.73 Å². The van der Waals surface area contributed by atoms with Crippen molar-refractivity contribution in [2.75, 3.05) is 13.1 Å². The molecule has 14 heavy (non-hydrogen) atoms. The Morgan fingerprint density at radius 3 is 1.71 bits per heavy atom. The smallest absolute Gasteiger partial charge is 0.0191 e. The Morgan fingerprint density at radius 2 is 1.43 bits per heavy atom. The van der Waals surface area contributed by atoms with E-state index in [1.54, 1.807) is 0 Å². The second-order valence-corrected chi connectivity index (χ2v) is 5.35. The molecule has 1 atom stereocenters. The van der Waals surface area contributed by atoms with Crippen LogP contribution in [0.2, 0.25) is 0 Å². The van der Waals surface area contributed by atoms with Crippen LogP contribution in [0, 0.1) is 11.8 Å². The van der Waals surface area contributed by atoms with E-state index >= 15 is 0 Å². The molecule has 0 aromatic heterocycles. The van der Waals surface area contributed by atoms with Crippen molar-refractivity contribution < 1.29 is 0 Å². The number of hydrogen-bond acceptors (Lipinski definition) is 2. The molecule has 0 amide bonds. The minimum absolute atomic E-state index is 0.302. The molecule has 0 aliphatic carbocycles. The number of hydrogen-bond donors (Lipinski definition) is 1. The van der Waals surface area contributed by atoms with Gasteiger partial charge in [0.2, 0.25) is 0 Å². The van der Waals surface area contributed by atoms with E-state index in [0.717, 1.165) is 19.0 Å². The highest BCUT2D eigenvalue weighted by Gasteiger charge is 2.16. The molecule has 0 heterocycles. The molecular weight excluding hydrogens is 172 g/mol. The van der Waals surface area contributed by atoms with Gasteiger partial charge in [-0.05, 0) is 25.7 Å². The second kappa shape index (κ2) is 6.41. The molecule has 0 saturated heterocycles. The van der Waals surface area contributed by atoms with E-state index < -0.39 is 0 Å². The molecule has 1 unspecified atom stereocenters. The summed E-state index contributed by atoms with van der Waals surface area (Å²) >= 11 is 0. The molecule has 0 aliphatic heterocycles. The van der Waals surface area contributed by atoms with Gasteiger partial charge in [0.05, 0.1) is 0 Å². The van der Waals surface area contributed by atoms with Crippen molar-refractivity contribution in [3.63, 3.8) is 0 Å². The summed E-state index contributed by atoms with van der Waals surface area (Å²) in [6, 6.07) is 0.901. The third-order valence-electron chi connectivity index (χ3n) is 2.63. The fourth-order valence-electron chi connectivity index (χ4n) is 1.45. The van der Waals surface area contributed by atoms with Crippen molar-refractivity contribution in [2.24, 2.45) is 17.6 Å². The van der Waals surface area contributed by atoms with Crippen molar-refractivity contribution in [3.05, 3.63) is 0 Å². The van der Waals surface area contributed by atoms with E-state index in [1.807, 2.05) is 0 Å². The summed E-state index contributed by atoms with van der Waals surface area (Å²) in [5.41, 5.74) is 6.09. The molecule has 2 heteroatoms. The van der Waals surface area contributed by atoms with Gasteiger partial charge < -0.3 is 5.73 Å². The molecule has 0 aromatic rings. The average molecular weight is 200 g/mol. The van der Waals surface area contributed by atoms with E-state index in [0.29, 0.717) is 18.0 Å². The first-order chi connectivity index (χ1) is 6.34. The van der Waals surface area contributed by atoms with Gasteiger partial charge in [0.25, 0.3) is 0 Å². The highest BCUT2D eigenvalue weighted by Crippen LogP contribution is 2.08. The van der Waals surface area contributed by atoms with Crippen molar-refractivity contribution >= 4 is 0 Å². The van der Waals surface area contributed by atoms with Gasteiger partial charge in [-0.3, -0.25) is 4.90 Å². The first-order valence-electron chi connectivity index (χ1n) is 5.84. The lowest BCUT2D eigenvalue weighted by atomic mass is 10.0. The van der Waals surface area contributed by atoms with Gasteiger partial charge in [-0.15, -0.1) is 0 Å². The molecule has 0 rings (SSSR count). The molecule has 86 valence electrons. The van der Waals surface area contributed by atoms with Crippen LogP contribution in [0.3, 0.4) is 0 Å². The van der Waals surface area contributed by atoms with Gasteiger partial charge in [-0.1, -0.05) is 27.7 Å². The van der Waals surface area contributed by atoms with E-state index in [4.69, 9.17) is 5.73 Å². The zero-order valence-corrected chi connectivity index (χ0v) is 10.7. The van der Waals surface area contributed by atoms with Crippen LogP contribution in [0.4, 0.5) is 0 Å². The van der Waals surface area contributed by atoms with Crippen molar-refractivity contribution in [2.45, 2.75) is 53.6 Å². The standard InChI is InChI=1S/C12H28N2/c1-9(2)7-14(11(5)6)8-12(13)10(3)4/h9-12H,7-8,13H2,1-6H3. The lowest BCUT2D eigenvalue weighted by Crippen LogP contribution is -2.45. The number of rotatable bonds is 6. The lowest BCUT2D eigenvalue weighted by molar-refractivity contribution is 0.174. The first-order valence-corrected chi connectivity index (χ1v) is 5.84. The average Bonchev–Trinajstić information content (AvgIpc) is 2.01. The van der Waals surface area contributed by atoms with Crippen LogP contribution in [0.15, 0.2) is 0 Å². The Kier molecular flexibility index (Phi) is 6.38. The summed E-state index contributed by atoms with van der Waals surface area (Å²) < 4.78 is 0. The van der Waals surface area contributed by atoms with Crippen LogP contribution in [0.1, 0.15) is 41.5 Å². The summed E-state index contributed by atoms with van der Waals surface area (Å²) in [7, 11) is 0. The normalized spacial score (nSPS) is 14.8. The quantitative estimate of drug-likeness (QED) is 0.713. The van der Waals surface area contributed by atoms with Crippen molar-refractivity contribution in [1.29, 1.82) is 0 Å². The minimum atomic E-state index is 0.302. The van der Waals surface area contributed by atoms with Crippen molar-refractivity contribution in [3.8, 4) is 0 Å². The maximum Gasteiger partial charge on any atom is 0.0191 e. The molecule has 0 aromatic carbocycles. The molecule has 0 spiro atoms. The number of nitrogens with zero attached hydrogens (tertiary/aromatic N) is 1. The summed E-state index contributed by atoms with van der Waals surface area (Å²) in [4.78, 5) is 2.48. The van der Waals surface area contributed by atoms with Gasteiger partial charge in [0, 0.05) is 25.2 Å². The zero-order chi connectivity index (χ0) is 11.3. The Morgan fingerprint density at radius 1 is 0.929 bits per heavy atom. The summed E-state index contributed by atoms with van der Waals surface area (Å²) in [5.74, 6) is 1.29. The van der Waals surface area contributed by atoms with Crippen LogP contribution in [0.5, 0.6) is 0 Å². The SMILES string of the molecule is CC(C)CN(CC(N)C(C)C)C(C)C. The maximum atomic E-state index is 6.09. The molecule has 0 fully saturated rings. The monoisotopic (exact) mass is 200 g/mol. The van der Waals surface area contributed by atoms with E-state index in [9.17, 15) is 0 Å². The van der Waals surface area contributed by atoms with E-state index in [2.05, 4.69) is 46.4 Å². The molecule has 0 bridgehead atoms. The van der Waals surface area contributed by atoms with Crippen molar-refractivity contribution in [1.82, 2.24) is 4.90 Å². The van der Waals surface area contributed by atoms with E-state index in [-0.39, 0.29) is 0 Å². The predicted molar refractivity (Wildman–Crippen MR) is 64.4 cm³/mol. The fourth-order valence-corrected chi connectivity index (χ4v) is 1.45. The Hall–Kier alpha value is -0.0800. The summed E-state index contributed by atoms with van der Waals surface area (Å²) in [6.07, 6.45) is 0. The molecule has 2 nitrogen and oxygen atoms in total. The first kappa shape index (κ1) is 13.9. The summed E-state index contributed by atoms with van der Waals surface area (Å²) in [5, 5.41) is 0. The van der Waals surface area contributed by atoms with Crippen LogP contribution in [0.25, 0.3) is 0 Å². The third-order valence-corrected chi connectivity index (χ3v) is 2.63. The molecular formula is C12H28N2. The van der Waals surface area contributed by atoms with E-state index in [1.165, 1.54) is 0 Å². The summed E-state index contributed by atoms with van der Waals surface area (Å²) in [6.45, 7) is 15.6. The highest BCUT2D eigenvalue weighted by molar-refractivity contribution is 4.74. The highest BCUT2D eigenvalue weighted by atomic mass is 15.2. The van der Waals surface area contributed by atoms with Gasteiger partial charge in [-0.2, -0.15) is 0 Å². The lowest BCUT2D eigenvalue weighted by Gasteiger charge is -2.32. The van der Waals surface area contributed by atoms with Gasteiger partial charge in [-0.25, -0.2) is 0 Å². The molecule has 0 aliphatic rings. The maximum absolute atomic E-state index is 6.09. The van der Waals surface area contributed by atoms with Gasteiger partial charge in [0.15, 0.2) is 0 Å². The Bertz CT molecular complexity index is 141. The second-order valence-electron chi connectivity index (χ2n) is 5.35. The third kappa shape index (κ3) is 5.61. The van der Waals surface area contributed by atoms with Gasteiger partial charge in [0.1, 0.15) is 0 Å². The zero-order valence-electron chi connectivity index (χ0n) is 10.7. The van der Waals surface area contributed by atoms with Crippen LogP contribution in [-0.4, -0.2) is 30.1 Å². The Balaban J connectivity index is 4.09. The molecule has 2 N–H and O–H groups in total. The van der Waals surface area contributed by atoms with Gasteiger partial charge >= 0.3 is 0 Å². The Labute approximate surface area is 89.9 Å². The topological polar surface area (TPSA) is 29.3 Å². The van der Waals surface area contributed by atoms with Crippen LogP contribution >= 0.6 is 0 Å². The number of nitrogens with two attached hydrogens (primary N) is 1. The minimum Gasteiger partial charge on any atom is -0.326 e. The predicted octanol–water partition coefficient (Wildman–Crippen LogP) is 2.34. The molecule has 0 saturated carbocycles. The fraction of sp³-hybridized carbons (Fsp3) is 1.00. The molecule has 0 radical (unpaired) electrons. The van der Waals surface area contributed by atoms with Crippen LogP contribution in [-0.2, 0) is 0 Å². The largest absolute Gasteiger partial charge is 0.326 e.